The van der Waals surface area contributed by atoms with Crippen molar-refractivity contribution in [2.45, 2.75) is 32.7 Å². The third-order valence-corrected chi connectivity index (χ3v) is 8.74. The van der Waals surface area contributed by atoms with Gasteiger partial charge in [-0.15, -0.1) is 0 Å². The van der Waals surface area contributed by atoms with Gasteiger partial charge in [-0.2, -0.15) is 13.2 Å². The minimum atomic E-state index is -5.02. The molecule has 1 aromatic heterocycles. The summed E-state index contributed by atoms with van der Waals surface area (Å²) in [6.45, 7) is 3.51. The fraction of sp³-hybridized carbons (Fsp3) is 0.219. The zero-order valence-corrected chi connectivity index (χ0v) is 27.9. The van der Waals surface area contributed by atoms with Crippen LogP contribution in [-0.2, 0) is 16.1 Å². The van der Waals surface area contributed by atoms with E-state index in [9.17, 15) is 27.2 Å². The lowest BCUT2D eigenvalue weighted by Gasteiger charge is -2.26. The molecule has 2 heterocycles. The number of benzene rings is 3. The lowest BCUT2D eigenvalue weighted by Crippen LogP contribution is -2.41. The molecular formula is C32H24ClF4IN2O5S. The monoisotopic (exact) mass is 786 g/mol. The first kappa shape index (κ1) is 33.7. The molecule has 0 fully saturated rings. The van der Waals surface area contributed by atoms with Crippen LogP contribution in [0, 0.1) is 9.39 Å². The predicted octanol–water partition coefficient (Wildman–Crippen LogP) is 6.72. The van der Waals surface area contributed by atoms with Gasteiger partial charge in [0.1, 0.15) is 12.4 Å². The summed E-state index contributed by atoms with van der Waals surface area (Å²) in [6.07, 6.45) is -3.51. The Balaban J connectivity index is 1.64. The third kappa shape index (κ3) is 7.15. The number of hydrogen-bond donors (Lipinski definition) is 0. The Morgan fingerprint density at radius 1 is 1.07 bits per heavy atom. The zero-order valence-electron chi connectivity index (χ0n) is 24.2. The molecule has 1 aliphatic heterocycles. The van der Waals surface area contributed by atoms with Crippen LogP contribution in [0.5, 0.6) is 11.5 Å². The number of alkyl halides is 3. The first-order valence-corrected chi connectivity index (χ1v) is 16.1. The summed E-state index contributed by atoms with van der Waals surface area (Å²) in [6, 6.07) is 13.6. The number of carbonyl (C=O) groups excluding carboxylic acids is 1. The lowest BCUT2D eigenvalue weighted by atomic mass is 9.95. The van der Waals surface area contributed by atoms with E-state index in [2.05, 4.69) is 27.6 Å². The van der Waals surface area contributed by atoms with Gasteiger partial charge in [-0.05, 0) is 95.6 Å². The summed E-state index contributed by atoms with van der Waals surface area (Å²) in [5.41, 5.74) is -1.43. The summed E-state index contributed by atoms with van der Waals surface area (Å²) in [5, 5.41) is 0.318. The quantitative estimate of drug-likeness (QED) is 0.107. The predicted molar refractivity (Wildman–Crippen MR) is 173 cm³/mol. The normalized spacial score (nSPS) is 15.0. The van der Waals surface area contributed by atoms with Crippen LogP contribution >= 0.6 is 45.5 Å². The van der Waals surface area contributed by atoms with E-state index in [-0.39, 0.29) is 33.9 Å². The number of aromatic nitrogens is 1. The van der Waals surface area contributed by atoms with E-state index in [0.717, 1.165) is 21.5 Å². The molecule has 1 aliphatic rings. The van der Waals surface area contributed by atoms with Crippen LogP contribution < -0.4 is 24.4 Å². The molecule has 1 atom stereocenters. The lowest BCUT2D eigenvalue weighted by molar-refractivity contribution is -0.140. The number of hydrogen-bond acceptors (Lipinski definition) is 7. The number of allylic oxidation sites excluding steroid dienone is 1. The maximum atomic E-state index is 14.4. The highest BCUT2D eigenvalue weighted by Gasteiger charge is 2.45. The van der Waals surface area contributed by atoms with Gasteiger partial charge in [0.15, 0.2) is 22.0 Å². The Labute approximate surface area is 282 Å². The molecule has 0 bridgehead atoms. The van der Waals surface area contributed by atoms with Gasteiger partial charge in [0.2, 0.25) is 0 Å². The molecule has 0 N–H and O–H groups in total. The SMILES string of the molecule is CCOC(=O)C1=C(C(F)(F)F)N=c2s/c(=C\c3cc(I)c(OCc4ccc(F)cc4)c(OCC)c3)c(=O)n2[C@@H]1c1ccc(Cl)cc1. The first-order valence-electron chi connectivity index (χ1n) is 13.8. The van der Waals surface area contributed by atoms with Gasteiger partial charge in [-0.1, -0.05) is 47.2 Å². The second kappa shape index (κ2) is 14.0. The van der Waals surface area contributed by atoms with Crippen LogP contribution in [0.25, 0.3) is 6.08 Å². The van der Waals surface area contributed by atoms with Crippen LogP contribution in [0.2, 0.25) is 5.02 Å². The smallest absolute Gasteiger partial charge is 0.434 e. The molecule has 14 heteroatoms. The van der Waals surface area contributed by atoms with Gasteiger partial charge in [0.25, 0.3) is 5.56 Å². The van der Waals surface area contributed by atoms with Crippen molar-refractivity contribution in [3.63, 3.8) is 0 Å². The fourth-order valence-electron chi connectivity index (χ4n) is 4.76. The number of fused-ring (bicyclic) bond motifs is 1. The molecule has 0 radical (unpaired) electrons. The average molecular weight is 787 g/mol. The van der Waals surface area contributed by atoms with E-state index in [1.54, 1.807) is 31.2 Å². The molecule has 4 aromatic rings. The minimum Gasteiger partial charge on any atom is -0.490 e. The number of ether oxygens (including phenoxy) is 3. The van der Waals surface area contributed by atoms with Crippen molar-refractivity contribution in [3.8, 4) is 11.5 Å². The highest BCUT2D eigenvalue weighted by Crippen LogP contribution is 2.39. The third-order valence-electron chi connectivity index (χ3n) is 6.71. The van der Waals surface area contributed by atoms with Crippen LogP contribution in [0.3, 0.4) is 0 Å². The second-order valence-corrected chi connectivity index (χ2v) is 12.4. The highest BCUT2D eigenvalue weighted by atomic mass is 127. The molecule has 240 valence electrons. The molecule has 46 heavy (non-hydrogen) atoms. The number of halogens is 6. The van der Waals surface area contributed by atoms with E-state index in [0.29, 0.717) is 32.3 Å². The molecular weight excluding hydrogens is 763 g/mol. The molecule has 0 amide bonds. The van der Waals surface area contributed by atoms with E-state index >= 15 is 0 Å². The molecule has 7 nitrogen and oxygen atoms in total. The number of carbonyl (C=O) groups is 1. The number of nitrogens with zero attached hydrogens (tertiary/aromatic N) is 2. The molecule has 3 aromatic carbocycles. The first-order chi connectivity index (χ1) is 21.9. The van der Waals surface area contributed by atoms with Crippen molar-refractivity contribution in [3.05, 3.63) is 123 Å². The molecule has 0 spiro atoms. The fourth-order valence-corrected chi connectivity index (χ4v) is 6.67. The van der Waals surface area contributed by atoms with Crippen molar-refractivity contribution >= 4 is 57.6 Å². The summed E-state index contributed by atoms with van der Waals surface area (Å²) in [5.74, 6) is -0.797. The van der Waals surface area contributed by atoms with Gasteiger partial charge in [-0.25, -0.2) is 14.2 Å². The van der Waals surface area contributed by atoms with Gasteiger partial charge >= 0.3 is 12.1 Å². The van der Waals surface area contributed by atoms with E-state index in [1.807, 2.05) is 0 Å². The van der Waals surface area contributed by atoms with Crippen molar-refractivity contribution in [2.24, 2.45) is 4.99 Å². The maximum absolute atomic E-state index is 14.4. The van der Waals surface area contributed by atoms with Crippen LogP contribution in [0.1, 0.15) is 36.6 Å². The molecule has 5 rings (SSSR count). The summed E-state index contributed by atoms with van der Waals surface area (Å²) in [4.78, 5) is 30.5. The highest BCUT2D eigenvalue weighted by molar-refractivity contribution is 14.1. The Bertz CT molecular complexity index is 1990. The van der Waals surface area contributed by atoms with E-state index < -0.39 is 35.0 Å². The summed E-state index contributed by atoms with van der Waals surface area (Å²) in [7, 11) is 0. The molecule has 0 saturated heterocycles. The standard InChI is InChI=1S/C32H24ClF4IN2O5S/c1-3-43-23-14-18(13-22(38)27(23)45-16-17-5-11-21(34)12-6-17)15-24-29(41)40-26(19-7-9-20(33)10-8-19)25(30(42)44-4-2)28(32(35,36)37)39-31(40)46-24/h5-15,26H,3-4,16H2,1-2H3/b24-15-/t26-/m1/s1. The van der Waals surface area contributed by atoms with Crippen LogP contribution in [-0.4, -0.2) is 29.9 Å². The Morgan fingerprint density at radius 3 is 2.39 bits per heavy atom. The maximum Gasteiger partial charge on any atom is 0.434 e. The largest absolute Gasteiger partial charge is 0.490 e. The van der Waals surface area contributed by atoms with Crippen molar-refractivity contribution in [1.82, 2.24) is 4.57 Å². The molecule has 0 unspecified atom stereocenters. The number of rotatable bonds is 9. The van der Waals surface area contributed by atoms with Crippen molar-refractivity contribution in [2.75, 3.05) is 13.2 Å². The minimum absolute atomic E-state index is 0.0718. The van der Waals surface area contributed by atoms with Crippen LogP contribution in [0.4, 0.5) is 17.6 Å². The van der Waals surface area contributed by atoms with Gasteiger partial charge in [0.05, 0.1) is 32.9 Å². The number of thiazole rings is 1. The Hall–Kier alpha value is -3.69. The summed E-state index contributed by atoms with van der Waals surface area (Å²) < 4.78 is 75.0. The zero-order chi connectivity index (χ0) is 33.2. The topological polar surface area (TPSA) is 79.1 Å². The molecule has 0 saturated carbocycles. The van der Waals surface area contributed by atoms with Gasteiger partial charge in [0, 0.05) is 5.02 Å². The van der Waals surface area contributed by atoms with E-state index in [1.165, 1.54) is 49.4 Å². The Morgan fingerprint density at radius 2 is 1.76 bits per heavy atom. The number of esters is 1. The summed E-state index contributed by atoms with van der Waals surface area (Å²) >= 11 is 8.84. The average Bonchev–Trinajstić information content (AvgIpc) is 3.31. The van der Waals surface area contributed by atoms with Gasteiger partial charge in [-0.3, -0.25) is 9.36 Å². The Kier molecular flexibility index (Phi) is 10.2. The van der Waals surface area contributed by atoms with Crippen molar-refractivity contribution < 1.29 is 36.6 Å². The van der Waals surface area contributed by atoms with Crippen molar-refractivity contribution in [1.29, 1.82) is 0 Å². The van der Waals surface area contributed by atoms with Gasteiger partial charge < -0.3 is 14.2 Å². The molecule has 0 aliphatic carbocycles. The van der Waals surface area contributed by atoms with E-state index in [4.69, 9.17) is 25.8 Å². The van der Waals surface area contributed by atoms with Crippen LogP contribution in [0.15, 0.2) is 81.7 Å². The second-order valence-electron chi connectivity index (χ2n) is 9.79.